The number of nitrogens with zero attached hydrogens (tertiary/aromatic N) is 1. The molecule has 2 aromatic rings. The zero-order chi connectivity index (χ0) is 18.8. The van der Waals surface area contributed by atoms with Crippen LogP contribution >= 0.6 is 11.6 Å². The number of hydrogen-bond donors (Lipinski definition) is 3. The quantitative estimate of drug-likeness (QED) is 0.763. The van der Waals surface area contributed by atoms with Crippen LogP contribution in [0.3, 0.4) is 0 Å². The van der Waals surface area contributed by atoms with E-state index in [4.69, 9.17) is 11.6 Å². The van der Waals surface area contributed by atoms with E-state index < -0.39 is 35.9 Å². The van der Waals surface area contributed by atoms with E-state index in [1.165, 1.54) is 6.92 Å². The van der Waals surface area contributed by atoms with Crippen LogP contribution in [0.5, 0.6) is 0 Å². The minimum absolute atomic E-state index is 0.104. The Balaban J connectivity index is 2.28. The third-order valence-corrected chi connectivity index (χ3v) is 3.61. The lowest BCUT2D eigenvalue weighted by atomic mass is 10.0. The number of nitrogens with one attached hydrogen (secondary N) is 2. The van der Waals surface area contributed by atoms with E-state index in [1.807, 2.05) is 0 Å². The van der Waals surface area contributed by atoms with Gasteiger partial charge < -0.3 is 15.4 Å². The first kappa shape index (κ1) is 18.9. The van der Waals surface area contributed by atoms with Gasteiger partial charge in [0.05, 0.1) is 18.2 Å². The van der Waals surface area contributed by atoms with Gasteiger partial charge in [-0.05, 0) is 24.6 Å². The highest BCUT2D eigenvalue weighted by atomic mass is 35.5. The van der Waals surface area contributed by atoms with Gasteiger partial charge in [0.15, 0.2) is 0 Å². The predicted octanol–water partition coefficient (Wildman–Crippen LogP) is 2.21. The molecule has 1 amide bonds. The average molecular weight is 376 g/mol. The number of amides is 1. The smallest absolute Gasteiger partial charge is 0.394 e. The Morgan fingerprint density at radius 1 is 1.40 bits per heavy atom. The van der Waals surface area contributed by atoms with Crippen LogP contribution in [0, 0.1) is 6.92 Å². The Labute approximate surface area is 144 Å². The van der Waals surface area contributed by atoms with Crippen molar-refractivity contribution >= 4 is 17.5 Å². The van der Waals surface area contributed by atoms with Gasteiger partial charge in [-0.25, -0.2) is 4.98 Å². The number of aliphatic hydroxyl groups is 1. The van der Waals surface area contributed by atoms with Crippen LogP contribution < -0.4 is 10.9 Å². The summed E-state index contributed by atoms with van der Waals surface area (Å²) in [6.07, 6.45) is -4.56. The second-order valence-corrected chi connectivity index (χ2v) is 5.57. The van der Waals surface area contributed by atoms with Gasteiger partial charge in [0.1, 0.15) is 11.5 Å². The summed E-state index contributed by atoms with van der Waals surface area (Å²) in [5.74, 6) is -0.560. The van der Waals surface area contributed by atoms with Crippen molar-refractivity contribution in [1.82, 2.24) is 15.3 Å². The summed E-state index contributed by atoms with van der Waals surface area (Å²) in [7, 11) is 0. The lowest BCUT2D eigenvalue weighted by Crippen LogP contribution is -2.32. The number of aromatic nitrogens is 2. The number of aliphatic hydroxyl groups excluding tert-OH is 1. The van der Waals surface area contributed by atoms with Gasteiger partial charge in [0, 0.05) is 11.1 Å². The molecular weight excluding hydrogens is 363 g/mol. The molecular formula is C15H13ClF3N3O3. The molecule has 0 bridgehead atoms. The second-order valence-electron chi connectivity index (χ2n) is 5.16. The first-order chi connectivity index (χ1) is 11.6. The number of H-pyrrole nitrogens is 1. The third-order valence-electron chi connectivity index (χ3n) is 3.28. The molecule has 6 nitrogen and oxygen atoms in total. The number of halogens is 4. The maximum absolute atomic E-state index is 12.7. The highest BCUT2D eigenvalue weighted by molar-refractivity contribution is 6.31. The van der Waals surface area contributed by atoms with Gasteiger partial charge in [0.25, 0.3) is 11.5 Å². The zero-order valence-corrected chi connectivity index (χ0v) is 13.6. The molecule has 0 aliphatic heterocycles. The van der Waals surface area contributed by atoms with Crippen LogP contribution in [0.1, 0.15) is 33.5 Å². The van der Waals surface area contributed by atoms with Gasteiger partial charge in [-0.1, -0.05) is 17.7 Å². The van der Waals surface area contributed by atoms with Crippen molar-refractivity contribution in [3.05, 3.63) is 62.3 Å². The minimum atomic E-state index is -4.56. The molecule has 0 aliphatic rings. The molecule has 0 saturated heterocycles. The highest BCUT2D eigenvalue weighted by Crippen LogP contribution is 2.33. The normalized spacial score (nSPS) is 12.7. The zero-order valence-electron chi connectivity index (χ0n) is 12.8. The fourth-order valence-electron chi connectivity index (χ4n) is 2.14. The van der Waals surface area contributed by atoms with E-state index in [1.54, 1.807) is 0 Å². The summed E-state index contributed by atoms with van der Waals surface area (Å²) in [5.41, 5.74) is -1.57. The van der Waals surface area contributed by atoms with Crippen LogP contribution in [0.4, 0.5) is 13.2 Å². The molecule has 10 heteroatoms. The minimum Gasteiger partial charge on any atom is -0.394 e. The lowest BCUT2D eigenvalue weighted by Gasteiger charge is -2.19. The van der Waals surface area contributed by atoms with Crippen molar-refractivity contribution in [1.29, 1.82) is 0 Å². The predicted molar refractivity (Wildman–Crippen MR) is 83.3 cm³/mol. The summed E-state index contributed by atoms with van der Waals surface area (Å²) in [6.45, 7) is 0.868. The maximum Gasteiger partial charge on any atom is 0.416 e. The summed E-state index contributed by atoms with van der Waals surface area (Å²) < 4.78 is 38.0. The van der Waals surface area contributed by atoms with Crippen LogP contribution in [0.15, 0.2) is 29.1 Å². The molecule has 3 N–H and O–H groups in total. The molecule has 134 valence electrons. The molecule has 1 atom stereocenters. The van der Waals surface area contributed by atoms with E-state index in [-0.39, 0.29) is 22.1 Å². The molecule has 0 fully saturated rings. The van der Waals surface area contributed by atoms with E-state index in [0.717, 1.165) is 18.2 Å². The van der Waals surface area contributed by atoms with Crippen LogP contribution in [-0.2, 0) is 6.18 Å². The third kappa shape index (κ3) is 4.58. The Bertz CT molecular complexity index is 852. The summed E-state index contributed by atoms with van der Waals surface area (Å²) in [5, 5.41) is 11.6. The number of alkyl halides is 3. The topological polar surface area (TPSA) is 95.1 Å². The number of carbonyl (C=O) groups is 1. The Kier molecular flexibility index (Phi) is 5.48. The van der Waals surface area contributed by atoms with Crippen molar-refractivity contribution in [2.45, 2.75) is 19.1 Å². The van der Waals surface area contributed by atoms with Crippen LogP contribution in [0.25, 0.3) is 0 Å². The standard InChI is InChI=1S/C15H13ClF3N3O3/c1-7-20-11(5-13(24)21-7)14(25)22-12(6-23)9-3-2-8(4-10(9)16)15(17,18)19/h2-5,12,23H,6H2,1H3,(H,22,25)(H,20,21,24). The van der Waals surface area contributed by atoms with Crippen molar-refractivity contribution in [3.63, 3.8) is 0 Å². The number of aryl methyl sites for hydroxylation is 1. The van der Waals surface area contributed by atoms with E-state index in [2.05, 4.69) is 15.3 Å². The van der Waals surface area contributed by atoms with Gasteiger partial charge in [-0.3, -0.25) is 9.59 Å². The number of hydrogen-bond acceptors (Lipinski definition) is 4. The molecule has 0 saturated carbocycles. The largest absolute Gasteiger partial charge is 0.416 e. The molecule has 1 heterocycles. The Morgan fingerprint density at radius 2 is 2.08 bits per heavy atom. The van der Waals surface area contributed by atoms with Crippen molar-refractivity contribution < 1.29 is 23.1 Å². The van der Waals surface area contributed by atoms with Gasteiger partial charge >= 0.3 is 6.18 Å². The van der Waals surface area contributed by atoms with Crippen LogP contribution in [0.2, 0.25) is 5.02 Å². The monoisotopic (exact) mass is 375 g/mol. The van der Waals surface area contributed by atoms with Gasteiger partial charge in [0.2, 0.25) is 0 Å². The first-order valence-electron chi connectivity index (χ1n) is 6.98. The van der Waals surface area contributed by atoms with Gasteiger partial charge in [-0.2, -0.15) is 13.2 Å². The summed E-state index contributed by atoms with van der Waals surface area (Å²) >= 11 is 5.86. The average Bonchev–Trinajstić information content (AvgIpc) is 2.50. The van der Waals surface area contributed by atoms with Crippen molar-refractivity contribution in [2.24, 2.45) is 0 Å². The van der Waals surface area contributed by atoms with E-state index in [9.17, 15) is 27.9 Å². The second kappa shape index (κ2) is 7.24. The van der Waals surface area contributed by atoms with E-state index >= 15 is 0 Å². The molecule has 0 aliphatic carbocycles. The highest BCUT2D eigenvalue weighted by Gasteiger charge is 2.31. The fraction of sp³-hybridized carbons (Fsp3) is 0.267. The molecule has 1 aromatic carbocycles. The number of aromatic amines is 1. The maximum atomic E-state index is 12.7. The Morgan fingerprint density at radius 3 is 2.60 bits per heavy atom. The van der Waals surface area contributed by atoms with Crippen molar-refractivity contribution in [3.8, 4) is 0 Å². The lowest BCUT2D eigenvalue weighted by molar-refractivity contribution is -0.137. The molecule has 25 heavy (non-hydrogen) atoms. The molecule has 0 spiro atoms. The molecule has 1 unspecified atom stereocenters. The number of rotatable bonds is 4. The summed E-state index contributed by atoms with van der Waals surface area (Å²) in [4.78, 5) is 29.8. The number of benzene rings is 1. The van der Waals surface area contributed by atoms with Crippen LogP contribution in [-0.4, -0.2) is 27.6 Å². The Hall–Kier alpha value is -2.39. The molecule has 1 aromatic heterocycles. The molecule has 0 radical (unpaired) electrons. The van der Waals surface area contributed by atoms with Crippen molar-refractivity contribution in [2.75, 3.05) is 6.61 Å². The molecule has 2 rings (SSSR count). The van der Waals surface area contributed by atoms with E-state index in [0.29, 0.717) is 6.07 Å². The SMILES string of the molecule is Cc1nc(C(=O)NC(CO)c2ccc(C(F)(F)F)cc2Cl)cc(=O)[nH]1. The fourth-order valence-corrected chi connectivity index (χ4v) is 2.45. The summed E-state index contributed by atoms with van der Waals surface area (Å²) in [6, 6.07) is 2.48. The first-order valence-corrected chi connectivity index (χ1v) is 7.36. The van der Waals surface area contributed by atoms with Gasteiger partial charge in [-0.15, -0.1) is 0 Å². The number of carbonyl (C=O) groups excluding carboxylic acids is 1.